The zero-order chi connectivity index (χ0) is 12.6. The quantitative estimate of drug-likeness (QED) is 0.781. The van der Waals surface area contributed by atoms with E-state index in [9.17, 15) is 10.2 Å². The molecule has 2 nitrogen and oxygen atoms in total. The number of aryl methyl sites for hydroxylation is 2. The molecule has 88 valence electrons. The maximum Gasteiger partial charge on any atom is 0.122 e. The molecule has 0 aromatic heterocycles. The number of phenolic OH excluding ortho intramolecular Hbond substituents is 2. The number of aromatic hydroxyl groups is 2. The van der Waals surface area contributed by atoms with Gasteiger partial charge in [0.1, 0.15) is 11.5 Å². The molecule has 0 aliphatic heterocycles. The lowest BCUT2D eigenvalue weighted by molar-refractivity contribution is 0.443. The highest BCUT2D eigenvalue weighted by Crippen LogP contribution is 2.33. The smallest absolute Gasteiger partial charge is 0.122 e. The van der Waals surface area contributed by atoms with Crippen molar-refractivity contribution in [3.63, 3.8) is 0 Å². The van der Waals surface area contributed by atoms with Gasteiger partial charge in [-0.3, -0.25) is 0 Å². The van der Waals surface area contributed by atoms with Crippen LogP contribution in [0.1, 0.15) is 16.7 Å². The van der Waals surface area contributed by atoms with Gasteiger partial charge in [0.15, 0.2) is 0 Å². The van der Waals surface area contributed by atoms with Crippen molar-refractivity contribution in [1.29, 1.82) is 0 Å². The highest BCUT2D eigenvalue weighted by Gasteiger charge is 2.07. The summed E-state index contributed by atoms with van der Waals surface area (Å²) in [7, 11) is 0. The van der Waals surface area contributed by atoms with Crippen LogP contribution >= 0.6 is 0 Å². The van der Waals surface area contributed by atoms with E-state index >= 15 is 0 Å². The molecule has 0 unspecified atom stereocenters. The van der Waals surface area contributed by atoms with E-state index in [0.29, 0.717) is 5.56 Å². The first-order valence-corrected chi connectivity index (χ1v) is 5.58. The Morgan fingerprint density at radius 3 is 1.53 bits per heavy atom. The van der Waals surface area contributed by atoms with Gasteiger partial charge in [0, 0.05) is 5.56 Å². The third-order valence-electron chi connectivity index (χ3n) is 2.91. The lowest BCUT2D eigenvalue weighted by Gasteiger charge is -2.09. The van der Waals surface area contributed by atoms with Gasteiger partial charge in [0.2, 0.25) is 0 Å². The second-order valence-corrected chi connectivity index (χ2v) is 4.52. The molecule has 0 heterocycles. The molecule has 0 fully saturated rings. The second-order valence-electron chi connectivity index (χ2n) is 4.52. The largest absolute Gasteiger partial charge is 0.508 e. The molecule has 2 aromatic carbocycles. The van der Waals surface area contributed by atoms with Crippen LogP contribution in [-0.2, 0) is 0 Å². The maximum atomic E-state index is 9.72. The SMILES string of the molecule is Cc1cc(C)cc(-c2cc(O)c(C)c(O)c2)c1. The minimum Gasteiger partial charge on any atom is -0.508 e. The fraction of sp³-hybridized carbons (Fsp3) is 0.200. The number of rotatable bonds is 1. The van der Waals surface area contributed by atoms with Gasteiger partial charge >= 0.3 is 0 Å². The average Bonchev–Trinajstić information content (AvgIpc) is 2.23. The Morgan fingerprint density at radius 1 is 0.647 bits per heavy atom. The molecule has 17 heavy (non-hydrogen) atoms. The van der Waals surface area contributed by atoms with Crippen LogP contribution in [0.4, 0.5) is 0 Å². The van der Waals surface area contributed by atoms with Crippen molar-refractivity contribution in [3.05, 3.63) is 47.0 Å². The van der Waals surface area contributed by atoms with Gasteiger partial charge in [-0.1, -0.05) is 29.3 Å². The zero-order valence-corrected chi connectivity index (χ0v) is 10.3. The van der Waals surface area contributed by atoms with E-state index in [-0.39, 0.29) is 11.5 Å². The van der Waals surface area contributed by atoms with Crippen LogP contribution < -0.4 is 0 Å². The summed E-state index contributed by atoms with van der Waals surface area (Å²) in [5.74, 6) is 0.248. The summed E-state index contributed by atoms with van der Waals surface area (Å²) in [6.07, 6.45) is 0. The van der Waals surface area contributed by atoms with Crippen LogP contribution in [0.25, 0.3) is 11.1 Å². The number of hydrogen-bond acceptors (Lipinski definition) is 2. The van der Waals surface area contributed by atoms with E-state index in [2.05, 4.69) is 6.07 Å². The monoisotopic (exact) mass is 228 g/mol. The van der Waals surface area contributed by atoms with Crippen molar-refractivity contribution in [2.24, 2.45) is 0 Å². The van der Waals surface area contributed by atoms with E-state index in [1.165, 1.54) is 11.1 Å². The third-order valence-corrected chi connectivity index (χ3v) is 2.91. The summed E-state index contributed by atoms with van der Waals surface area (Å²) in [6, 6.07) is 9.54. The highest BCUT2D eigenvalue weighted by molar-refractivity contribution is 5.69. The third kappa shape index (κ3) is 2.26. The molecular formula is C15H16O2. The van der Waals surface area contributed by atoms with Gasteiger partial charge in [0.05, 0.1) is 0 Å². The Hall–Kier alpha value is -1.96. The fourth-order valence-electron chi connectivity index (χ4n) is 1.99. The van der Waals surface area contributed by atoms with Crippen molar-refractivity contribution in [2.45, 2.75) is 20.8 Å². The standard InChI is InChI=1S/C15H16O2/c1-9-4-10(2)6-12(5-9)13-7-14(16)11(3)15(17)8-13/h4-8,16-17H,1-3H3. The summed E-state index contributed by atoms with van der Waals surface area (Å²) in [6.45, 7) is 5.75. The molecule has 2 N–H and O–H groups in total. The van der Waals surface area contributed by atoms with Gasteiger partial charge in [-0.05, 0) is 44.0 Å². The maximum absolute atomic E-state index is 9.72. The van der Waals surface area contributed by atoms with Crippen molar-refractivity contribution in [1.82, 2.24) is 0 Å². The molecule has 2 rings (SSSR count). The van der Waals surface area contributed by atoms with Crippen LogP contribution in [-0.4, -0.2) is 10.2 Å². The highest BCUT2D eigenvalue weighted by atomic mass is 16.3. The summed E-state index contributed by atoms with van der Waals surface area (Å²) in [5.41, 5.74) is 4.68. The summed E-state index contributed by atoms with van der Waals surface area (Å²) < 4.78 is 0. The van der Waals surface area contributed by atoms with Crippen molar-refractivity contribution in [3.8, 4) is 22.6 Å². The van der Waals surface area contributed by atoms with E-state index in [1.54, 1.807) is 19.1 Å². The second kappa shape index (κ2) is 4.13. The molecule has 0 saturated carbocycles. The molecule has 0 saturated heterocycles. The van der Waals surface area contributed by atoms with Crippen molar-refractivity contribution in [2.75, 3.05) is 0 Å². The van der Waals surface area contributed by atoms with E-state index in [0.717, 1.165) is 11.1 Å². The average molecular weight is 228 g/mol. The first-order chi connectivity index (χ1) is 7.97. The van der Waals surface area contributed by atoms with Crippen LogP contribution in [0, 0.1) is 20.8 Å². The van der Waals surface area contributed by atoms with Crippen molar-refractivity contribution < 1.29 is 10.2 Å². The molecule has 2 heteroatoms. The Kier molecular flexibility index (Phi) is 2.80. The van der Waals surface area contributed by atoms with Crippen LogP contribution in [0.3, 0.4) is 0 Å². The minimum atomic E-state index is 0.124. The number of benzene rings is 2. The topological polar surface area (TPSA) is 40.5 Å². The van der Waals surface area contributed by atoms with Crippen molar-refractivity contribution >= 4 is 0 Å². The molecular weight excluding hydrogens is 212 g/mol. The van der Waals surface area contributed by atoms with Crippen LogP contribution in [0.2, 0.25) is 0 Å². The van der Waals surface area contributed by atoms with Crippen LogP contribution in [0.5, 0.6) is 11.5 Å². The number of hydrogen-bond donors (Lipinski definition) is 2. The fourth-order valence-corrected chi connectivity index (χ4v) is 1.99. The Morgan fingerprint density at radius 2 is 1.06 bits per heavy atom. The molecule has 0 radical (unpaired) electrons. The lowest BCUT2D eigenvalue weighted by atomic mass is 9.99. The summed E-state index contributed by atoms with van der Waals surface area (Å²) in [4.78, 5) is 0. The van der Waals surface area contributed by atoms with Gasteiger partial charge < -0.3 is 10.2 Å². The van der Waals surface area contributed by atoms with E-state index < -0.39 is 0 Å². The summed E-state index contributed by atoms with van der Waals surface area (Å²) in [5, 5.41) is 19.4. The Labute approximate surface area is 101 Å². The predicted octanol–water partition coefficient (Wildman–Crippen LogP) is 3.69. The molecule has 0 aliphatic carbocycles. The molecule has 2 aromatic rings. The Bertz CT molecular complexity index is 528. The Balaban J connectivity index is 2.60. The normalized spacial score (nSPS) is 10.5. The zero-order valence-electron chi connectivity index (χ0n) is 10.3. The number of phenols is 2. The first-order valence-electron chi connectivity index (χ1n) is 5.58. The van der Waals surface area contributed by atoms with Gasteiger partial charge in [-0.25, -0.2) is 0 Å². The van der Waals surface area contributed by atoms with Gasteiger partial charge in [-0.2, -0.15) is 0 Å². The predicted molar refractivity (Wildman–Crippen MR) is 69.4 cm³/mol. The molecule has 0 bridgehead atoms. The molecule has 0 aliphatic rings. The van der Waals surface area contributed by atoms with E-state index in [4.69, 9.17) is 0 Å². The molecule has 0 amide bonds. The van der Waals surface area contributed by atoms with Crippen LogP contribution in [0.15, 0.2) is 30.3 Å². The first kappa shape index (κ1) is 11.5. The van der Waals surface area contributed by atoms with E-state index in [1.807, 2.05) is 26.0 Å². The van der Waals surface area contributed by atoms with Gasteiger partial charge in [-0.15, -0.1) is 0 Å². The molecule has 0 spiro atoms. The van der Waals surface area contributed by atoms with Gasteiger partial charge in [0.25, 0.3) is 0 Å². The summed E-state index contributed by atoms with van der Waals surface area (Å²) >= 11 is 0. The molecule has 0 atom stereocenters. The minimum absolute atomic E-state index is 0.124. The lowest BCUT2D eigenvalue weighted by Crippen LogP contribution is -1.85.